The number of ether oxygens (including phenoxy) is 2. The molecule has 0 aliphatic rings. The smallest absolute Gasteiger partial charge is 0.342 e. The molecule has 0 spiro atoms. The van der Waals surface area contributed by atoms with Crippen molar-refractivity contribution in [3.63, 3.8) is 0 Å². The Morgan fingerprint density at radius 2 is 1.87 bits per heavy atom. The molecule has 0 saturated heterocycles. The van der Waals surface area contributed by atoms with E-state index in [0.29, 0.717) is 21.9 Å². The SMILES string of the molecule is COc1ccc(Cl)cc1-c1nnc(S/C(=C\c2cc(Cl)c(O)c(OC)c2)C(=O)O)o1. The normalized spacial score (nSPS) is 11.4. The van der Waals surface area contributed by atoms with Crippen LogP contribution in [0.15, 0.2) is 44.9 Å². The van der Waals surface area contributed by atoms with Crippen molar-refractivity contribution in [3.8, 4) is 28.7 Å². The predicted molar refractivity (Wildman–Crippen MR) is 112 cm³/mol. The summed E-state index contributed by atoms with van der Waals surface area (Å²) in [7, 11) is 2.84. The van der Waals surface area contributed by atoms with Crippen LogP contribution >= 0.6 is 35.0 Å². The molecule has 11 heteroatoms. The summed E-state index contributed by atoms with van der Waals surface area (Å²) in [4.78, 5) is 11.6. The van der Waals surface area contributed by atoms with Crippen molar-refractivity contribution < 1.29 is 28.9 Å². The summed E-state index contributed by atoms with van der Waals surface area (Å²) in [6, 6.07) is 7.75. The fraction of sp³-hybridized carbons (Fsp3) is 0.105. The van der Waals surface area contributed by atoms with E-state index in [1.54, 1.807) is 18.2 Å². The first-order valence-corrected chi connectivity index (χ1v) is 9.76. The van der Waals surface area contributed by atoms with Crippen LogP contribution in [0.4, 0.5) is 0 Å². The summed E-state index contributed by atoms with van der Waals surface area (Å²) in [5.74, 6) is -0.756. The van der Waals surface area contributed by atoms with Crippen molar-refractivity contribution in [3.05, 3.63) is 50.8 Å². The van der Waals surface area contributed by atoms with Gasteiger partial charge in [-0.3, -0.25) is 0 Å². The van der Waals surface area contributed by atoms with Gasteiger partial charge in [0, 0.05) is 5.02 Å². The number of hydrogen-bond donors (Lipinski definition) is 2. The van der Waals surface area contributed by atoms with Gasteiger partial charge in [0.05, 0.1) is 24.8 Å². The van der Waals surface area contributed by atoms with Gasteiger partial charge < -0.3 is 24.1 Å². The molecule has 30 heavy (non-hydrogen) atoms. The van der Waals surface area contributed by atoms with Gasteiger partial charge in [-0.2, -0.15) is 0 Å². The van der Waals surface area contributed by atoms with E-state index in [2.05, 4.69) is 10.2 Å². The third-order valence-corrected chi connectivity index (χ3v) is 5.15. The molecular formula is C19H14Cl2N2O6S. The number of hydrogen-bond acceptors (Lipinski definition) is 8. The number of rotatable bonds is 7. The number of nitrogens with zero attached hydrogens (tertiary/aromatic N) is 2. The van der Waals surface area contributed by atoms with E-state index >= 15 is 0 Å². The van der Waals surface area contributed by atoms with E-state index in [-0.39, 0.29) is 32.5 Å². The lowest BCUT2D eigenvalue weighted by atomic mass is 10.2. The summed E-state index contributed by atoms with van der Waals surface area (Å²) in [5.41, 5.74) is 0.871. The Morgan fingerprint density at radius 3 is 2.53 bits per heavy atom. The first-order valence-electron chi connectivity index (χ1n) is 8.19. The minimum atomic E-state index is -1.22. The number of aromatic hydroxyl groups is 1. The van der Waals surface area contributed by atoms with Gasteiger partial charge >= 0.3 is 5.97 Å². The fourth-order valence-electron chi connectivity index (χ4n) is 2.42. The maximum absolute atomic E-state index is 11.7. The van der Waals surface area contributed by atoms with Gasteiger partial charge in [-0.1, -0.05) is 23.2 Å². The Morgan fingerprint density at radius 1 is 1.13 bits per heavy atom. The third-order valence-electron chi connectivity index (χ3n) is 3.77. The number of carboxylic acid groups (broad SMARTS) is 1. The number of halogens is 2. The third kappa shape index (κ3) is 4.81. The minimum Gasteiger partial charge on any atom is -0.503 e. The topological polar surface area (TPSA) is 115 Å². The Bertz CT molecular complexity index is 1130. The molecule has 0 amide bonds. The van der Waals surface area contributed by atoms with E-state index in [0.717, 1.165) is 11.8 Å². The molecule has 2 aromatic carbocycles. The first-order chi connectivity index (χ1) is 14.3. The molecule has 0 atom stereocenters. The van der Waals surface area contributed by atoms with Gasteiger partial charge in [-0.05, 0) is 53.7 Å². The maximum Gasteiger partial charge on any atom is 0.342 e. The molecule has 2 N–H and O–H groups in total. The lowest BCUT2D eigenvalue weighted by Gasteiger charge is -2.07. The van der Waals surface area contributed by atoms with Crippen molar-refractivity contribution >= 4 is 47.0 Å². The molecule has 0 aliphatic carbocycles. The molecule has 1 aromatic heterocycles. The number of methoxy groups -OCH3 is 2. The quantitative estimate of drug-likeness (QED) is 0.365. The number of carbonyl (C=O) groups is 1. The molecule has 0 unspecified atom stereocenters. The summed E-state index contributed by atoms with van der Waals surface area (Å²) in [6.07, 6.45) is 1.34. The molecule has 3 aromatic rings. The summed E-state index contributed by atoms with van der Waals surface area (Å²) >= 11 is 12.7. The monoisotopic (exact) mass is 468 g/mol. The number of phenolic OH excluding ortho intramolecular Hbond substituents is 1. The zero-order valence-electron chi connectivity index (χ0n) is 15.6. The molecule has 0 saturated carbocycles. The summed E-state index contributed by atoms with van der Waals surface area (Å²) in [5, 5.41) is 27.7. The molecule has 0 radical (unpaired) electrons. The van der Waals surface area contributed by atoms with E-state index in [4.69, 9.17) is 37.1 Å². The van der Waals surface area contributed by atoms with Crippen LogP contribution in [0.5, 0.6) is 17.2 Å². The van der Waals surface area contributed by atoms with Crippen molar-refractivity contribution in [1.82, 2.24) is 10.2 Å². The highest BCUT2D eigenvalue weighted by Gasteiger charge is 2.19. The van der Waals surface area contributed by atoms with E-state index in [9.17, 15) is 15.0 Å². The van der Waals surface area contributed by atoms with Crippen LogP contribution < -0.4 is 9.47 Å². The average molecular weight is 469 g/mol. The molecule has 0 bridgehead atoms. The second-order valence-corrected chi connectivity index (χ2v) is 7.52. The predicted octanol–water partition coefficient (Wildman–Crippen LogP) is 4.98. The van der Waals surface area contributed by atoms with Crippen molar-refractivity contribution in [2.45, 2.75) is 5.22 Å². The Balaban J connectivity index is 1.93. The highest BCUT2D eigenvalue weighted by molar-refractivity contribution is 8.03. The molecule has 3 rings (SSSR count). The fourth-order valence-corrected chi connectivity index (χ4v) is 3.48. The van der Waals surface area contributed by atoms with Crippen LogP contribution in [0.3, 0.4) is 0 Å². The van der Waals surface area contributed by atoms with Gasteiger partial charge in [0.15, 0.2) is 11.5 Å². The largest absolute Gasteiger partial charge is 0.503 e. The van der Waals surface area contributed by atoms with Gasteiger partial charge in [0.1, 0.15) is 10.7 Å². The van der Waals surface area contributed by atoms with Crippen molar-refractivity contribution in [1.29, 1.82) is 0 Å². The van der Waals surface area contributed by atoms with E-state index < -0.39 is 5.97 Å². The molecular weight excluding hydrogens is 455 g/mol. The first kappa shape index (κ1) is 21.8. The molecule has 0 aliphatic heterocycles. The van der Waals surface area contributed by atoms with Crippen LogP contribution in [0.2, 0.25) is 10.0 Å². The number of thioether (sulfide) groups is 1. The summed E-state index contributed by atoms with van der Waals surface area (Å²) < 4.78 is 15.9. The lowest BCUT2D eigenvalue weighted by Crippen LogP contribution is -1.97. The second-order valence-electron chi connectivity index (χ2n) is 5.69. The van der Waals surface area contributed by atoms with Crippen LogP contribution in [0.1, 0.15) is 5.56 Å². The zero-order chi connectivity index (χ0) is 21.8. The Kier molecular flexibility index (Phi) is 6.76. The van der Waals surface area contributed by atoms with Crippen LogP contribution in [-0.2, 0) is 4.79 Å². The summed E-state index contributed by atoms with van der Waals surface area (Å²) in [6.45, 7) is 0. The van der Waals surface area contributed by atoms with Crippen LogP contribution in [-0.4, -0.2) is 40.6 Å². The Labute approximate surface area is 185 Å². The molecule has 0 fully saturated rings. The molecule has 8 nitrogen and oxygen atoms in total. The average Bonchev–Trinajstić information content (AvgIpc) is 3.18. The van der Waals surface area contributed by atoms with Crippen molar-refractivity contribution in [2.75, 3.05) is 14.2 Å². The number of aromatic nitrogens is 2. The van der Waals surface area contributed by atoms with Gasteiger partial charge in [0.2, 0.25) is 0 Å². The number of phenols is 1. The highest BCUT2D eigenvalue weighted by Crippen LogP contribution is 2.38. The number of aliphatic carboxylic acids is 1. The van der Waals surface area contributed by atoms with Gasteiger partial charge in [0.25, 0.3) is 11.1 Å². The number of benzene rings is 2. The second kappa shape index (κ2) is 9.29. The maximum atomic E-state index is 11.7. The Hall–Kier alpha value is -2.88. The van der Waals surface area contributed by atoms with E-state index in [1.165, 1.54) is 32.4 Å². The van der Waals surface area contributed by atoms with Gasteiger partial charge in [-0.25, -0.2) is 4.79 Å². The standard InChI is InChI=1S/C19H14Cl2N2O6S/c1-27-13-4-3-10(20)8-11(13)17-22-23-19(29-17)30-15(18(25)26)7-9-5-12(21)16(24)14(6-9)28-2/h3-8,24H,1-2H3,(H,25,26)/b15-7-. The minimum absolute atomic E-state index is 0.00230. The molecule has 156 valence electrons. The van der Waals surface area contributed by atoms with Crippen molar-refractivity contribution in [2.24, 2.45) is 0 Å². The highest BCUT2D eigenvalue weighted by atomic mass is 35.5. The van der Waals surface area contributed by atoms with Crippen LogP contribution in [0.25, 0.3) is 17.5 Å². The number of carboxylic acids is 1. The van der Waals surface area contributed by atoms with Gasteiger partial charge in [-0.15, -0.1) is 10.2 Å². The lowest BCUT2D eigenvalue weighted by molar-refractivity contribution is -0.131. The van der Waals surface area contributed by atoms with E-state index in [1.807, 2.05) is 0 Å². The zero-order valence-corrected chi connectivity index (χ0v) is 17.9. The molecule has 1 heterocycles. The van der Waals surface area contributed by atoms with Crippen LogP contribution in [0, 0.1) is 0 Å².